The van der Waals surface area contributed by atoms with E-state index in [1.54, 1.807) is 0 Å². The number of hydrogen-bond donors (Lipinski definition) is 0. The van der Waals surface area contributed by atoms with Gasteiger partial charge in [-0.3, -0.25) is 9.98 Å². The van der Waals surface area contributed by atoms with Crippen molar-refractivity contribution in [1.82, 2.24) is 4.98 Å². The normalized spacial score (nSPS) is 19.3. The van der Waals surface area contributed by atoms with Crippen LogP contribution in [0, 0.1) is 13.8 Å². The topological polar surface area (TPSA) is 37.6 Å². The third-order valence-electron chi connectivity index (χ3n) is 12.3. The Morgan fingerprint density at radius 3 is 1.00 bits per heavy atom. The molecule has 1 heterocycles. The SMILES string of the molecule is Cc1cc(C2CCCCC2)c(N=Cc2cc(Cl)cc(C=Nc3c(C4CCCCC4)cc(C)cc3C3CCCCC3)n2)c(C2CCCCC2)c1.[Cl-].[Cl-].[Cl-].[Co+3]. The van der Waals surface area contributed by atoms with Crippen molar-refractivity contribution >= 4 is 35.4 Å². The first-order valence-electron chi connectivity index (χ1n) is 20.1. The maximum atomic E-state index is 6.80. The van der Waals surface area contributed by atoms with Gasteiger partial charge in [-0.15, -0.1) is 0 Å². The summed E-state index contributed by atoms with van der Waals surface area (Å²) in [7, 11) is 0. The zero-order chi connectivity index (χ0) is 33.6. The van der Waals surface area contributed by atoms with E-state index in [4.69, 9.17) is 26.6 Å². The van der Waals surface area contributed by atoms with Crippen molar-refractivity contribution in [3.05, 3.63) is 86.2 Å². The van der Waals surface area contributed by atoms with Crippen LogP contribution >= 0.6 is 11.6 Å². The Kier molecular flexibility index (Phi) is 19.4. The molecule has 0 saturated heterocycles. The summed E-state index contributed by atoms with van der Waals surface area (Å²) in [5.41, 5.74) is 12.7. The zero-order valence-corrected chi connectivity index (χ0v) is 35.8. The fourth-order valence-corrected chi connectivity index (χ4v) is 10.0. The molecule has 0 aliphatic heterocycles. The molecule has 3 aromatic rings. The Balaban J connectivity index is 0.00000189. The third-order valence-corrected chi connectivity index (χ3v) is 12.5. The molecule has 290 valence electrons. The van der Waals surface area contributed by atoms with Gasteiger partial charge >= 0.3 is 16.8 Å². The number of aliphatic imine (C=N–C) groups is 2. The Morgan fingerprint density at radius 1 is 0.472 bits per heavy atom. The number of nitrogens with zero attached hydrogens (tertiary/aromatic N) is 3. The van der Waals surface area contributed by atoms with Crippen LogP contribution < -0.4 is 37.2 Å². The van der Waals surface area contributed by atoms with Crippen LogP contribution in [-0.4, -0.2) is 17.4 Å². The summed E-state index contributed by atoms with van der Waals surface area (Å²) in [6, 6.07) is 13.7. The predicted molar refractivity (Wildman–Crippen MR) is 209 cm³/mol. The molecule has 2 aromatic carbocycles. The fourth-order valence-electron chi connectivity index (χ4n) is 9.80. The van der Waals surface area contributed by atoms with Crippen LogP contribution in [0.15, 0.2) is 46.4 Å². The van der Waals surface area contributed by atoms with Crippen LogP contribution in [0.1, 0.15) is 197 Å². The number of pyridine rings is 1. The van der Waals surface area contributed by atoms with E-state index in [9.17, 15) is 0 Å². The fraction of sp³-hybridized carbons (Fsp3) is 0.578. The quantitative estimate of drug-likeness (QED) is 0.293. The van der Waals surface area contributed by atoms with Gasteiger partial charge in [-0.2, -0.15) is 0 Å². The number of hydrogen-bond acceptors (Lipinski definition) is 3. The maximum Gasteiger partial charge on any atom is 3.00 e. The average Bonchev–Trinajstić information content (AvgIpc) is 3.14. The molecule has 4 fully saturated rings. The molecule has 0 spiro atoms. The molecule has 0 atom stereocenters. The summed E-state index contributed by atoms with van der Waals surface area (Å²) < 4.78 is 0. The van der Waals surface area contributed by atoms with Crippen molar-refractivity contribution in [3.63, 3.8) is 0 Å². The van der Waals surface area contributed by atoms with Crippen molar-refractivity contribution in [2.75, 3.05) is 0 Å². The monoisotopic (exact) mass is 839 g/mol. The number of halogens is 4. The molecule has 0 N–H and O–H groups in total. The van der Waals surface area contributed by atoms with Crippen LogP contribution in [0.25, 0.3) is 0 Å². The van der Waals surface area contributed by atoms with Gasteiger partial charge in [-0.25, -0.2) is 4.98 Å². The first-order chi connectivity index (χ1) is 24.0. The second-order valence-electron chi connectivity index (χ2n) is 16.1. The van der Waals surface area contributed by atoms with E-state index in [0.29, 0.717) is 28.7 Å². The van der Waals surface area contributed by atoms with Gasteiger partial charge in [0.2, 0.25) is 0 Å². The van der Waals surface area contributed by atoms with Gasteiger partial charge in [0.25, 0.3) is 0 Å². The first-order valence-corrected chi connectivity index (χ1v) is 20.4. The van der Waals surface area contributed by atoms with Crippen molar-refractivity contribution < 1.29 is 54.0 Å². The van der Waals surface area contributed by atoms with Crippen LogP contribution in [0.4, 0.5) is 11.4 Å². The molecule has 4 saturated carbocycles. The second-order valence-corrected chi connectivity index (χ2v) is 16.5. The number of aromatic nitrogens is 1. The molecule has 8 heteroatoms. The largest absolute Gasteiger partial charge is 3.00 e. The second kappa shape index (κ2) is 22.4. The minimum absolute atomic E-state index is 0. The number of benzene rings is 2. The summed E-state index contributed by atoms with van der Waals surface area (Å²) in [6.45, 7) is 4.56. The zero-order valence-electron chi connectivity index (χ0n) is 31.8. The standard InChI is InChI=1S/C45H58ClN3.3ClH.Co/c1-31-23-40(33-15-7-3-8-16-33)44(41(24-31)34-17-9-4-10-18-34)47-29-38-27-37(46)28-39(49-38)30-48-45-42(35-19-11-5-12-20-35)25-32(2)26-43(45)36-21-13-6-14-22-36;;;;/h23-30,33-36H,3-22H2,1-2H3;3*1H;/q;;;;+3/p-3. The van der Waals surface area contributed by atoms with Gasteiger partial charge in [0.05, 0.1) is 35.2 Å². The molecule has 0 unspecified atom stereocenters. The van der Waals surface area contributed by atoms with E-state index in [2.05, 4.69) is 38.1 Å². The van der Waals surface area contributed by atoms with E-state index in [0.717, 1.165) is 11.4 Å². The third kappa shape index (κ3) is 11.8. The summed E-state index contributed by atoms with van der Waals surface area (Å²) in [5, 5.41) is 0.686. The summed E-state index contributed by atoms with van der Waals surface area (Å²) in [5.74, 6) is 2.41. The summed E-state index contributed by atoms with van der Waals surface area (Å²) >= 11 is 6.80. The molecule has 0 amide bonds. The Labute approximate surface area is 354 Å². The van der Waals surface area contributed by atoms with Gasteiger partial charge in [0.1, 0.15) is 0 Å². The van der Waals surface area contributed by atoms with Gasteiger partial charge in [0, 0.05) is 5.02 Å². The Morgan fingerprint density at radius 2 is 0.736 bits per heavy atom. The number of aryl methyl sites for hydroxylation is 2. The van der Waals surface area contributed by atoms with E-state index >= 15 is 0 Å². The van der Waals surface area contributed by atoms with Crippen molar-refractivity contribution in [3.8, 4) is 0 Å². The smallest absolute Gasteiger partial charge is 1.00 e. The first kappa shape index (κ1) is 46.0. The number of rotatable bonds is 8. The molecular formula is C45H58Cl4CoN3. The van der Waals surface area contributed by atoms with E-state index in [-0.39, 0.29) is 54.0 Å². The Hall–Kier alpha value is -1.40. The van der Waals surface area contributed by atoms with Crippen molar-refractivity contribution in [2.24, 2.45) is 9.98 Å². The van der Waals surface area contributed by atoms with Crippen molar-refractivity contribution in [1.29, 1.82) is 0 Å². The Bertz CT molecular complexity index is 1450. The molecule has 0 radical (unpaired) electrons. The van der Waals surface area contributed by atoms with Gasteiger partial charge < -0.3 is 37.2 Å². The molecule has 1 aromatic heterocycles. The molecular weight excluding hydrogens is 783 g/mol. The molecule has 0 bridgehead atoms. The van der Waals surface area contributed by atoms with Crippen molar-refractivity contribution in [2.45, 2.75) is 166 Å². The molecule has 53 heavy (non-hydrogen) atoms. The summed E-state index contributed by atoms with van der Waals surface area (Å²) in [6.07, 6.45) is 30.2. The molecule has 4 aliphatic rings. The van der Waals surface area contributed by atoms with Crippen LogP contribution in [0.5, 0.6) is 0 Å². The predicted octanol–water partition coefficient (Wildman–Crippen LogP) is 5.05. The van der Waals surface area contributed by atoms with Crippen LogP contribution in [0.2, 0.25) is 5.02 Å². The van der Waals surface area contributed by atoms with Crippen LogP contribution in [0.3, 0.4) is 0 Å². The summed E-state index contributed by atoms with van der Waals surface area (Å²) in [4.78, 5) is 15.8. The average molecular weight is 842 g/mol. The van der Waals surface area contributed by atoms with Gasteiger partial charge in [-0.1, -0.05) is 124 Å². The molecule has 3 nitrogen and oxygen atoms in total. The minimum atomic E-state index is 0. The van der Waals surface area contributed by atoms with Crippen LogP contribution in [-0.2, 0) is 16.8 Å². The van der Waals surface area contributed by atoms with Gasteiger partial charge in [-0.05, 0) is 123 Å². The van der Waals surface area contributed by atoms with E-state index < -0.39 is 0 Å². The minimum Gasteiger partial charge on any atom is -1.00 e. The van der Waals surface area contributed by atoms with E-state index in [1.807, 2.05) is 24.6 Å². The van der Waals surface area contributed by atoms with Gasteiger partial charge in [0.15, 0.2) is 0 Å². The maximum absolute atomic E-state index is 6.80. The molecule has 7 rings (SSSR count). The molecule has 4 aliphatic carbocycles. The van der Waals surface area contributed by atoms with E-state index in [1.165, 1.54) is 173 Å².